The Hall–Kier alpha value is -2.01. The maximum atomic E-state index is 12.7. The van der Waals surface area contributed by atoms with Crippen molar-refractivity contribution in [2.45, 2.75) is 4.90 Å². The summed E-state index contributed by atoms with van der Waals surface area (Å²) in [4.78, 5) is 8.86. The number of sulfone groups is 1. The molecule has 1 aromatic carbocycles. The molecule has 0 unspecified atom stereocenters. The van der Waals surface area contributed by atoms with Crippen molar-refractivity contribution in [3.8, 4) is 6.07 Å². The van der Waals surface area contributed by atoms with Crippen LogP contribution in [0.15, 0.2) is 23.1 Å². The molecule has 6 nitrogen and oxygen atoms in total. The maximum absolute atomic E-state index is 12.7. The molecule has 0 saturated carbocycles. The van der Waals surface area contributed by atoms with Gasteiger partial charge in [0.15, 0.2) is 9.84 Å². The lowest BCUT2D eigenvalue weighted by molar-refractivity contribution is -0.388. The molecule has 0 saturated heterocycles. The van der Waals surface area contributed by atoms with Gasteiger partial charge in [0.1, 0.15) is 16.5 Å². The van der Waals surface area contributed by atoms with Gasteiger partial charge in [-0.25, -0.2) is 12.8 Å². The Bertz CT molecular complexity index is 576. The van der Waals surface area contributed by atoms with Crippen LogP contribution < -0.4 is 0 Å². The molecule has 84 valence electrons. The van der Waals surface area contributed by atoms with E-state index in [4.69, 9.17) is 5.26 Å². The van der Waals surface area contributed by atoms with Gasteiger partial charge in [0.25, 0.3) is 5.69 Å². The van der Waals surface area contributed by atoms with E-state index in [0.29, 0.717) is 6.07 Å². The zero-order chi connectivity index (χ0) is 12.3. The van der Waals surface area contributed by atoms with Crippen LogP contribution in [0.1, 0.15) is 0 Å². The molecule has 1 rings (SSSR count). The summed E-state index contributed by atoms with van der Waals surface area (Å²) in [7, 11) is -4.07. The molecule has 0 aliphatic carbocycles. The number of nitrogens with zero attached hydrogens (tertiary/aromatic N) is 2. The molecule has 0 amide bonds. The smallest absolute Gasteiger partial charge is 0.258 e. The van der Waals surface area contributed by atoms with Crippen LogP contribution in [0.2, 0.25) is 0 Å². The van der Waals surface area contributed by atoms with Gasteiger partial charge < -0.3 is 0 Å². The van der Waals surface area contributed by atoms with Gasteiger partial charge in [0.05, 0.1) is 17.1 Å². The molecule has 0 bridgehead atoms. The number of halogens is 1. The lowest BCUT2D eigenvalue weighted by Crippen LogP contribution is -2.08. The number of benzene rings is 1. The van der Waals surface area contributed by atoms with Crippen molar-refractivity contribution in [2.24, 2.45) is 0 Å². The molecule has 0 atom stereocenters. The zero-order valence-electron chi connectivity index (χ0n) is 7.75. The van der Waals surface area contributed by atoms with E-state index in [1.165, 1.54) is 6.07 Å². The summed E-state index contributed by atoms with van der Waals surface area (Å²) in [6.07, 6.45) is 0. The predicted molar refractivity (Wildman–Crippen MR) is 50.7 cm³/mol. The minimum absolute atomic E-state index is 0.504. The van der Waals surface area contributed by atoms with Crippen molar-refractivity contribution in [1.29, 1.82) is 5.26 Å². The fourth-order valence-corrected chi connectivity index (χ4v) is 2.11. The Morgan fingerprint density at radius 3 is 2.62 bits per heavy atom. The summed E-state index contributed by atoms with van der Waals surface area (Å²) < 4.78 is 35.6. The van der Waals surface area contributed by atoms with Gasteiger partial charge in [0, 0.05) is 0 Å². The van der Waals surface area contributed by atoms with E-state index < -0.39 is 36.9 Å². The molecule has 0 aromatic heterocycles. The maximum Gasteiger partial charge on any atom is 0.290 e. The van der Waals surface area contributed by atoms with E-state index in [1.807, 2.05) is 0 Å². The highest BCUT2D eigenvalue weighted by Gasteiger charge is 2.25. The topological polar surface area (TPSA) is 101 Å². The average Bonchev–Trinajstić information content (AvgIpc) is 2.16. The number of rotatable bonds is 3. The van der Waals surface area contributed by atoms with E-state index in [-0.39, 0.29) is 0 Å². The minimum Gasteiger partial charge on any atom is -0.258 e. The summed E-state index contributed by atoms with van der Waals surface area (Å²) in [6.45, 7) is 0. The first kappa shape index (κ1) is 12.1. The average molecular weight is 244 g/mol. The minimum atomic E-state index is -4.07. The third kappa shape index (κ3) is 2.32. The van der Waals surface area contributed by atoms with Gasteiger partial charge in [-0.2, -0.15) is 5.26 Å². The molecule has 0 spiro atoms. The van der Waals surface area contributed by atoms with Crippen LogP contribution in [0.3, 0.4) is 0 Å². The second-order valence-corrected chi connectivity index (χ2v) is 4.74. The van der Waals surface area contributed by atoms with Crippen molar-refractivity contribution in [2.75, 3.05) is 5.75 Å². The van der Waals surface area contributed by atoms with Crippen LogP contribution in [-0.2, 0) is 9.84 Å². The summed E-state index contributed by atoms with van der Waals surface area (Å²) in [5.74, 6) is -1.80. The van der Waals surface area contributed by atoms with Crippen molar-refractivity contribution in [1.82, 2.24) is 0 Å². The number of nitro benzene ring substituents is 1. The number of hydrogen-bond donors (Lipinski definition) is 0. The molecular weight excluding hydrogens is 239 g/mol. The lowest BCUT2D eigenvalue weighted by atomic mass is 10.3. The third-order valence-corrected chi connectivity index (χ3v) is 3.23. The van der Waals surface area contributed by atoms with E-state index in [9.17, 15) is 22.9 Å². The largest absolute Gasteiger partial charge is 0.290 e. The lowest BCUT2D eigenvalue weighted by Gasteiger charge is -2.01. The standard InChI is InChI=1S/C8H5FN2O4S/c9-6-1-2-8(7(5-6)11(12)13)16(14,15)4-3-10/h1-2,5H,4H2. The third-order valence-electron chi connectivity index (χ3n) is 1.71. The molecule has 0 radical (unpaired) electrons. The Labute approximate surface area is 90.0 Å². The molecule has 0 heterocycles. The van der Waals surface area contributed by atoms with Gasteiger partial charge in [-0.3, -0.25) is 10.1 Å². The van der Waals surface area contributed by atoms with Crippen molar-refractivity contribution in [3.63, 3.8) is 0 Å². The normalized spacial score (nSPS) is 10.8. The van der Waals surface area contributed by atoms with Crippen molar-refractivity contribution < 1.29 is 17.7 Å². The van der Waals surface area contributed by atoms with Crippen LogP contribution in [0.5, 0.6) is 0 Å². The SMILES string of the molecule is N#CCS(=O)(=O)c1ccc(F)cc1[N+](=O)[O-]. The van der Waals surface area contributed by atoms with Gasteiger partial charge >= 0.3 is 0 Å². The summed E-state index contributed by atoms with van der Waals surface area (Å²) in [6, 6.07) is 3.45. The Morgan fingerprint density at radius 1 is 1.50 bits per heavy atom. The molecule has 0 aliphatic heterocycles. The summed E-state index contributed by atoms with van der Waals surface area (Å²) in [5.41, 5.74) is -0.866. The van der Waals surface area contributed by atoms with Gasteiger partial charge in [-0.05, 0) is 12.1 Å². The fraction of sp³-hybridized carbons (Fsp3) is 0.125. The Kier molecular flexibility index (Phi) is 3.20. The zero-order valence-corrected chi connectivity index (χ0v) is 8.57. The van der Waals surface area contributed by atoms with E-state index >= 15 is 0 Å². The van der Waals surface area contributed by atoms with E-state index in [1.54, 1.807) is 0 Å². The fourth-order valence-electron chi connectivity index (χ4n) is 1.06. The van der Waals surface area contributed by atoms with Gasteiger partial charge in [0.2, 0.25) is 0 Å². The summed E-state index contributed by atoms with van der Waals surface area (Å²) >= 11 is 0. The second-order valence-electron chi connectivity index (χ2n) is 2.79. The molecule has 0 fully saturated rings. The highest BCUT2D eigenvalue weighted by atomic mass is 32.2. The first-order valence-corrected chi connectivity index (χ1v) is 5.57. The van der Waals surface area contributed by atoms with E-state index in [2.05, 4.69) is 0 Å². The quantitative estimate of drug-likeness (QED) is 0.449. The number of nitro groups is 1. The monoisotopic (exact) mass is 244 g/mol. The number of hydrogen-bond acceptors (Lipinski definition) is 5. The van der Waals surface area contributed by atoms with Crippen LogP contribution in [0, 0.1) is 27.3 Å². The highest BCUT2D eigenvalue weighted by Crippen LogP contribution is 2.25. The van der Waals surface area contributed by atoms with Crippen LogP contribution in [-0.4, -0.2) is 19.1 Å². The number of nitriles is 1. The predicted octanol–water partition coefficient (Wildman–Crippen LogP) is 1.03. The molecule has 16 heavy (non-hydrogen) atoms. The first-order chi connectivity index (χ1) is 7.38. The van der Waals surface area contributed by atoms with Crippen molar-refractivity contribution >= 4 is 15.5 Å². The van der Waals surface area contributed by atoms with E-state index in [0.717, 1.165) is 12.1 Å². The first-order valence-electron chi connectivity index (χ1n) is 3.92. The molecule has 8 heteroatoms. The molecule has 0 aliphatic rings. The van der Waals surface area contributed by atoms with Gasteiger partial charge in [-0.15, -0.1) is 0 Å². The van der Waals surface area contributed by atoms with Crippen LogP contribution in [0.25, 0.3) is 0 Å². The molecule has 1 aromatic rings. The second kappa shape index (κ2) is 4.24. The van der Waals surface area contributed by atoms with Crippen molar-refractivity contribution in [3.05, 3.63) is 34.1 Å². The Morgan fingerprint density at radius 2 is 2.12 bits per heavy atom. The molecule has 0 N–H and O–H groups in total. The van der Waals surface area contributed by atoms with Crippen LogP contribution in [0.4, 0.5) is 10.1 Å². The van der Waals surface area contributed by atoms with Gasteiger partial charge in [-0.1, -0.05) is 0 Å². The Balaban J connectivity index is 3.47. The highest BCUT2D eigenvalue weighted by molar-refractivity contribution is 7.91. The van der Waals surface area contributed by atoms with Crippen LogP contribution >= 0.6 is 0 Å². The molecular formula is C8H5FN2O4S. The summed E-state index contributed by atoms with van der Waals surface area (Å²) in [5, 5.41) is 18.8.